The molecule has 0 radical (unpaired) electrons. The molecule has 0 aromatic heterocycles. The molecule has 4 rings (SSSR count). The molecule has 0 heterocycles. The van der Waals surface area contributed by atoms with Crippen molar-refractivity contribution in [3.05, 3.63) is 103 Å². The van der Waals surface area contributed by atoms with E-state index in [2.05, 4.69) is 10.6 Å². The number of nitrogens with one attached hydrogen (secondary N) is 2. The zero-order valence-corrected chi connectivity index (χ0v) is 23.6. The Morgan fingerprint density at radius 1 is 0.756 bits per heavy atom. The number of carbonyl (C=O) groups is 2. The molecule has 4 aromatic carbocycles. The van der Waals surface area contributed by atoms with Crippen LogP contribution in [-0.2, 0) is 25.8 Å². The fourth-order valence-corrected chi connectivity index (χ4v) is 5.80. The average molecular weight is 575 g/mol. The number of amides is 2. The van der Waals surface area contributed by atoms with E-state index in [9.17, 15) is 18.0 Å². The maximum Gasteiger partial charge on any atom is 0.328 e. The number of anilines is 1. The monoisotopic (exact) mass is 574 g/mol. The van der Waals surface area contributed by atoms with Crippen molar-refractivity contribution in [2.24, 2.45) is 0 Å². The maximum atomic E-state index is 13.2. The van der Waals surface area contributed by atoms with Gasteiger partial charge in [-0.1, -0.05) is 60.7 Å². The Bertz CT molecular complexity index is 1600. The third-order valence-corrected chi connectivity index (χ3v) is 8.21. The Morgan fingerprint density at radius 2 is 1.37 bits per heavy atom. The molecule has 212 valence electrons. The molecule has 9 nitrogen and oxygen atoms in total. The van der Waals surface area contributed by atoms with Crippen LogP contribution in [0.4, 0.5) is 10.5 Å². The van der Waals surface area contributed by atoms with Gasteiger partial charge in [0.15, 0.2) is 0 Å². The van der Waals surface area contributed by atoms with Gasteiger partial charge in [-0.2, -0.15) is 0 Å². The second-order valence-electron chi connectivity index (χ2n) is 8.93. The van der Waals surface area contributed by atoms with Gasteiger partial charge in [-0.15, -0.1) is 0 Å². The third-order valence-electron chi connectivity index (χ3n) is 6.38. The van der Waals surface area contributed by atoms with E-state index in [4.69, 9.17) is 14.2 Å². The molecule has 0 bridgehead atoms. The van der Waals surface area contributed by atoms with Crippen LogP contribution in [0, 0.1) is 0 Å². The van der Waals surface area contributed by atoms with Crippen molar-refractivity contribution in [1.82, 2.24) is 5.32 Å². The van der Waals surface area contributed by atoms with Crippen molar-refractivity contribution < 1.29 is 32.2 Å². The number of carbonyl (C=O) groups excluding carboxylic acids is 2. The topological polar surface area (TPSA) is 120 Å². The Balaban J connectivity index is 1.52. The maximum absolute atomic E-state index is 13.2. The number of rotatable bonds is 10. The minimum atomic E-state index is -3.90. The molecule has 0 spiro atoms. The van der Waals surface area contributed by atoms with Crippen molar-refractivity contribution >= 4 is 27.5 Å². The van der Waals surface area contributed by atoms with E-state index in [1.165, 1.54) is 31.4 Å². The summed E-state index contributed by atoms with van der Waals surface area (Å²) in [5, 5.41) is 5.18. The lowest BCUT2D eigenvalue weighted by atomic mass is 9.99. The van der Waals surface area contributed by atoms with Crippen LogP contribution in [-0.4, -0.2) is 47.8 Å². The number of benzene rings is 4. The summed E-state index contributed by atoms with van der Waals surface area (Å²) in [4.78, 5) is 25.6. The molecule has 0 aliphatic rings. The van der Waals surface area contributed by atoms with E-state index in [0.29, 0.717) is 11.5 Å². The van der Waals surface area contributed by atoms with Gasteiger partial charge < -0.3 is 24.8 Å². The van der Waals surface area contributed by atoms with Gasteiger partial charge in [0.1, 0.15) is 17.5 Å². The lowest BCUT2D eigenvalue weighted by Crippen LogP contribution is -2.45. The zero-order valence-electron chi connectivity index (χ0n) is 22.8. The summed E-state index contributed by atoms with van der Waals surface area (Å²) in [5.41, 5.74) is 2.47. The number of hydrogen-bond acceptors (Lipinski definition) is 7. The predicted octanol–water partition coefficient (Wildman–Crippen LogP) is 5.11. The smallest absolute Gasteiger partial charge is 0.328 e. The van der Waals surface area contributed by atoms with Crippen LogP contribution < -0.4 is 20.1 Å². The molecule has 0 fully saturated rings. The number of ether oxygens (including phenoxy) is 3. The SMILES string of the molecule is COC(=O)C(Cc1ccc(-c2c(OC)cccc2OC)cc1)NC(=O)Nc1ccccc1S(=O)(=O)c1ccccc1. The second-order valence-corrected chi connectivity index (χ2v) is 10.8. The zero-order chi connectivity index (χ0) is 29.4. The first-order valence-electron chi connectivity index (χ1n) is 12.6. The van der Waals surface area contributed by atoms with Gasteiger partial charge in [0, 0.05) is 6.42 Å². The number of urea groups is 1. The average Bonchev–Trinajstić information content (AvgIpc) is 3.00. The van der Waals surface area contributed by atoms with Crippen LogP contribution in [0.5, 0.6) is 11.5 Å². The van der Waals surface area contributed by atoms with Crippen LogP contribution in [0.1, 0.15) is 5.56 Å². The predicted molar refractivity (Wildman–Crippen MR) is 155 cm³/mol. The Hall–Kier alpha value is -4.83. The quantitative estimate of drug-likeness (QED) is 0.253. The summed E-state index contributed by atoms with van der Waals surface area (Å²) >= 11 is 0. The highest BCUT2D eigenvalue weighted by atomic mass is 32.2. The summed E-state index contributed by atoms with van der Waals surface area (Å²) in [6.07, 6.45) is 0.132. The lowest BCUT2D eigenvalue weighted by Gasteiger charge is -2.19. The minimum Gasteiger partial charge on any atom is -0.496 e. The standard InChI is InChI=1S/C31H30N2O7S/c1-38-26-13-9-14-27(39-2)29(26)22-18-16-21(17-19-22)20-25(30(34)40-3)33-31(35)32-24-12-7-8-15-28(24)41(36,37)23-10-5-4-6-11-23/h4-19,25H,20H2,1-3H3,(H2,32,33,35). The minimum absolute atomic E-state index is 0.0710. The number of para-hydroxylation sites is 1. The molecule has 0 aliphatic carbocycles. The van der Waals surface area contributed by atoms with E-state index in [1.807, 2.05) is 42.5 Å². The van der Waals surface area contributed by atoms with Gasteiger partial charge in [-0.25, -0.2) is 18.0 Å². The summed E-state index contributed by atoms with van der Waals surface area (Å²) < 4.78 is 42.3. The summed E-state index contributed by atoms with van der Waals surface area (Å²) in [6, 6.07) is 25.1. The molecule has 0 saturated heterocycles. The Kier molecular flexibility index (Phi) is 9.26. The fourth-order valence-electron chi connectivity index (χ4n) is 4.36. The van der Waals surface area contributed by atoms with Crippen LogP contribution in [0.2, 0.25) is 0 Å². The molecule has 0 aliphatic heterocycles. The highest BCUT2D eigenvalue weighted by Gasteiger charge is 2.25. The first kappa shape index (κ1) is 29.2. The van der Waals surface area contributed by atoms with E-state index < -0.39 is 27.9 Å². The Morgan fingerprint density at radius 3 is 1.98 bits per heavy atom. The molecule has 41 heavy (non-hydrogen) atoms. The summed E-state index contributed by atoms with van der Waals surface area (Å²) in [7, 11) is 0.494. The number of sulfone groups is 1. The van der Waals surface area contributed by atoms with Crippen molar-refractivity contribution in [3.63, 3.8) is 0 Å². The van der Waals surface area contributed by atoms with Gasteiger partial charge in [0.25, 0.3) is 0 Å². The highest BCUT2D eigenvalue weighted by molar-refractivity contribution is 7.91. The van der Waals surface area contributed by atoms with Gasteiger partial charge in [0.05, 0.1) is 42.4 Å². The lowest BCUT2D eigenvalue weighted by molar-refractivity contribution is -0.142. The van der Waals surface area contributed by atoms with Crippen molar-refractivity contribution in [2.45, 2.75) is 22.3 Å². The van der Waals surface area contributed by atoms with E-state index in [1.54, 1.807) is 44.6 Å². The van der Waals surface area contributed by atoms with Gasteiger partial charge in [-0.05, 0) is 47.5 Å². The first-order valence-corrected chi connectivity index (χ1v) is 14.1. The molecule has 1 unspecified atom stereocenters. The molecule has 1 atom stereocenters. The highest BCUT2D eigenvalue weighted by Crippen LogP contribution is 2.38. The van der Waals surface area contributed by atoms with Crippen LogP contribution >= 0.6 is 0 Å². The van der Waals surface area contributed by atoms with Crippen molar-refractivity contribution in [3.8, 4) is 22.6 Å². The van der Waals surface area contributed by atoms with Gasteiger partial charge >= 0.3 is 12.0 Å². The van der Waals surface area contributed by atoms with E-state index >= 15 is 0 Å². The second kappa shape index (κ2) is 13.0. The van der Waals surface area contributed by atoms with Crippen molar-refractivity contribution in [1.29, 1.82) is 0 Å². The van der Waals surface area contributed by atoms with E-state index in [0.717, 1.165) is 16.7 Å². The molecule has 10 heteroatoms. The third kappa shape index (κ3) is 6.67. The molecule has 0 saturated carbocycles. The van der Waals surface area contributed by atoms with Crippen LogP contribution in [0.3, 0.4) is 0 Å². The largest absolute Gasteiger partial charge is 0.496 e. The van der Waals surface area contributed by atoms with Gasteiger partial charge in [-0.3, -0.25) is 0 Å². The molecule has 2 amide bonds. The molecular formula is C31H30N2O7S. The number of methoxy groups -OCH3 is 3. The number of hydrogen-bond donors (Lipinski definition) is 2. The summed E-state index contributed by atoms with van der Waals surface area (Å²) in [5.74, 6) is 0.649. The van der Waals surface area contributed by atoms with Crippen molar-refractivity contribution in [2.75, 3.05) is 26.6 Å². The number of esters is 1. The van der Waals surface area contributed by atoms with Gasteiger partial charge in [0.2, 0.25) is 9.84 Å². The van der Waals surface area contributed by atoms with Crippen LogP contribution in [0.25, 0.3) is 11.1 Å². The van der Waals surface area contributed by atoms with E-state index in [-0.39, 0.29) is 21.9 Å². The van der Waals surface area contributed by atoms with Crippen LogP contribution in [0.15, 0.2) is 107 Å². The molecule has 4 aromatic rings. The Labute approximate surface area is 239 Å². The summed E-state index contributed by atoms with van der Waals surface area (Å²) in [6.45, 7) is 0. The molecular weight excluding hydrogens is 544 g/mol. The normalized spacial score (nSPS) is 11.7. The first-order chi connectivity index (χ1) is 19.8. The fraction of sp³-hybridized carbons (Fsp3) is 0.161. The molecule has 2 N–H and O–H groups in total.